The number of alkyl halides is 3. The Morgan fingerprint density at radius 2 is 1.64 bits per heavy atom. The number of anilines is 1. The predicted octanol–water partition coefficient (Wildman–Crippen LogP) is 4.05. The number of benzene rings is 1. The van der Waals surface area contributed by atoms with Crippen LogP contribution in [0.5, 0.6) is 0 Å². The topological polar surface area (TPSA) is 84.5 Å². The van der Waals surface area contributed by atoms with Gasteiger partial charge in [-0.3, -0.25) is 9.59 Å². The van der Waals surface area contributed by atoms with Gasteiger partial charge in [-0.15, -0.1) is 0 Å². The Balaban J connectivity index is 3.29. The fourth-order valence-corrected chi connectivity index (χ4v) is 2.46. The van der Waals surface area contributed by atoms with Gasteiger partial charge in [0.15, 0.2) is 0 Å². The summed E-state index contributed by atoms with van der Waals surface area (Å²) in [6.07, 6.45) is -6.44. The maximum Gasteiger partial charge on any atom is 0.471 e. The van der Waals surface area contributed by atoms with Crippen LogP contribution < -0.4 is 10.6 Å². The van der Waals surface area contributed by atoms with Crippen LogP contribution in [0.1, 0.15) is 46.6 Å². The van der Waals surface area contributed by atoms with Crippen molar-refractivity contribution in [2.24, 2.45) is 0 Å². The molecule has 1 rings (SSSR count). The molecule has 0 aromatic heterocycles. The Morgan fingerprint density at radius 1 is 1.07 bits per heavy atom. The van der Waals surface area contributed by atoms with Crippen LogP contribution in [0.2, 0.25) is 0 Å². The Bertz CT molecular complexity index is 772. The lowest BCUT2D eigenvalue weighted by molar-refractivity contribution is -0.167. The van der Waals surface area contributed by atoms with Crippen LogP contribution in [0.3, 0.4) is 0 Å². The molecule has 0 heterocycles. The minimum absolute atomic E-state index is 0.284. The summed E-state index contributed by atoms with van der Waals surface area (Å²) in [5.74, 6) is -3.54. The van der Waals surface area contributed by atoms with Crippen molar-refractivity contribution in [2.75, 3.05) is 5.32 Å². The van der Waals surface area contributed by atoms with Crippen molar-refractivity contribution in [1.82, 2.24) is 5.32 Å². The molecule has 156 valence electrons. The van der Waals surface area contributed by atoms with Gasteiger partial charge in [-0.1, -0.05) is 0 Å². The van der Waals surface area contributed by atoms with Crippen molar-refractivity contribution in [3.05, 3.63) is 29.6 Å². The van der Waals surface area contributed by atoms with E-state index in [2.05, 4.69) is 5.32 Å². The van der Waals surface area contributed by atoms with Gasteiger partial charge in [-0.25, -0.2) is 9.18 Å². The Kier molecular flexibility index (Phi) is 6.81. The first-order valence-corrected chi connectivity index (χ1v) is 8.22. The van der Waals surface area contributed by atoms with Crippen molar-refractivity contribution in [3.8, 4) is 0 Å². The Morgan fingerprint density at radius 3 is 2.11 bits per heavy atom. The first-order valence-electron chi connectivity index (χ1n) is 8.22. The SMILES string of the molecule is CC(=O)C[C@](C)(NC(=O)OC(C)(C)C)c1cc(NC(=O)C(F)(F)F)ccc1F. The summed E-state index contributed by atoms with van der Waals surface area (Å²) in [5.41, 5.74) is -3.13. The summed E-state index contributed by atoms with van der Waals surface area (Å²) < 4.78 is 56.9. The van der Waals surface area contributed by atoms with Crippen molar-refractivity contribution in [1.29, 1.82) is 0 Å². The van der Waals surface area contributed by atoms with E-state index in [1.165, 1.54) is 13.8 Å². The standard InChI is InChI=1S/C18H22F4N2O4/c1-10(25)9-17(5,24-15(27)28-16(2,3)4)12-8-11(6-7-13(12)19)23-14(26)18(20,21)22/h6-8H,9H2,1-5H3,(H,23,26)(H,24,27)/t17-/m0/s1. The summed E-state index contributed by atoms with van der Waals surface area (Å²) in [4.78, 5) is 34.9. The summed E-state index contributed by atoms with van der Waals surface area (Å²) >= 11 is 0. The van der Waals surface area contributed by atoms with Crippen LogP contribution in [0.4, 0.5) is 28.0 Å². The zero-order chi connectivity index (χ0) is 21.9. The quantitative estimate of drug-likeness (QED) is 0.723. The number of carbonyl (C=O) groups excluding carboxylic acids is 3. The van der Waals surface area contributed by atoms with E-state index in [1.807, 2.05) is 0 Å². The Labute approximate surface area is 159 Å². The molecular formula is C18H22F4N2O4. The van der Waals surface area contributed by atoms with Gasteiger partial charge < -0.3 is 15.4 Å². The zero-order valence-corrected chi connectivity index (χ0v) is 16.1. The van der Waals surface area contributed by atoms with Gasteiger partial charge in [0.2, 0.25) is 0 Å². The highest BCUT2D eigenvalue weighted by Gasteiger charge is 2.39. The molecule has 0 aliphatic carbocycles. The highest BCUT2D eigenvalue weighted by atomic mass is 19.4. The molecule has 0 spiro atoms. The molecule has 1 atom stereocenters. The Hall–Kier alpha value is -2.65. The number of hydrogen-bond donors (Lipinski definition) is 2. The van der Waals surface area contributed by atoms with Gasteiger partial charge in [0, 0.05) is 17.7 Å². The van der Waals surface area contributed by atoms with E-state index in [0.29, 0.717) is 0 Å². The van der Waals surface area contributed by atoms with E-state index in [0.717, 1.165) is 18.2 Å². The third-order valence-corrected chi connectivity index (χ3v) is 3.46. The molecule has 0 unspecified atom stereocenters. The third kappa shape index (κ3) is 6.82. The average Bonchev–Trinajstić information content (AvgIpc) is 2.44. The third-order valence-electron chi connectivity index (χ3n) is 3.46. The van der Waals surface area contributed by atoms with E-state index in [4.69, 9.17) is 4.74 Å². The number of ether oxygens (including phenoxy) is 1. The molecule has 2 N–H and O–H groups in total. The van der Waals surface area contributed by atoms with E-state index < -0.39 is 40.9 Å². The smallest absolute Gasteiger partial charge is 0.444 e. The minimum atomic E-state index is -5.13. The molecule has 0 bridgehead atoms. The number of carbonyl (C=O) groups is 3. The van der Waals surface area contributed by atoms with Crippen molar-refractivity contribution in [2.45, 2.75) is 58.4 Å². The molecule has 1 aromatic carbocycles. The molecule has 0 saturated carbocycles. The predicted molar refractivity (Wildman–Crippen MR) is 93.1 cm³/mol. The second-order valence-corrected chi connectivity index (χ2v) is 7.48. The number of rotatable bonds is 5. The highest BCUT2D eigenvalue weighted by Crippen LogP contribution is 2.31. The van der Waals surface area contributed by atoms with Crippen LogP contribution in [0.25, 0.3) is 0 Å². The molecule has 0 aliphatic rings. The largest absolute Gasteiger partial charge is 0.471 e. The van der Waals surface area contributed by atoms with Crippen LogP contribution in [-0.4, -0.2) is 29.6 Å². The molecule has 0 saturated heterocycles. The summed E-state index contributed by atoms with van der Waals surface area (Å²) in [5, 5.41) is 4.00. The van der Waals surface area contributed by atoms with Crippen LogP contribution in [-0.2, 0) is 19.9 Å². The summed E-state index contributed by atoms with van der Waals surface area (Å²) in [7, 11) is 0. The number of amides is 2. The fraction of sp³-hybridized carbons (Fsp3) is 0.500. The van der Waals surface area contributed by atoms with E-state index in [1.54, 1.807) is 26.1 Å². The van der Waals surface area contributed by atoms with Gasteiger partial charge >= 0.3 is 18.2 Å². The van der Waals surface area contributed by atoms with Gasteiger partial charge in [0.05, 0.1) is 5.54 Å². The summed E-state index contributed by atoms with van der Waals surface area (Å²) in [6, 6.07) is 2.69. The molecular weight excluding hydrogens is 384 g/mol. The molecule has 10 heteroatoms. The van der Waals surface area contributed by atoms with Gasteiger partial charge in [0.1, 0.15) is 17.2 Å². The maximum atomic E-state index is 14.4. The molecule has 6 nitrogen and oxygen atoms in total. The first-order chi connectivity index (χ1) is 12.5. The molecule has 1 aromatic rings. The molecule has 2 amide bonds. The number of hydrogen-bond acceptors (Lipinski definition) is 4. The van der Waals surface area contributed by atoms with Gasteiger partial charge in [0.25, 0.3) is 0 Å². The number of Topliss-reactive ketones (excluding diaryl/α,β-unsaturated/α-hetero) is 1. The number of alkyl carbamates (subject to hydrolysis) is 1. The van der Waals surface area contributed by atoms with E-state index in [9.17, 15) is 31.9 Å². The monoisotopic (exact) mass is 406 g/mol. The number of ketones is 1. The molecule has 28 heavy (non-hydrogen) atoms. The van der Waals surface area contributed by atoms with Gasteiger partial charge in [-0.2, -0.15) is 13.2 Å². The van der Waals surface area contributed by atoms with Crippen molar-refractivity contribution >= 4 is 23.5 Å². The van der Waals surface area contributed by atoms with Crippen LogP contribution in [0.15, 0.2) is 18.2 Å². The lowest BCUT2D eigenvalue weighted by Gasteiger charge is -2.32. The fourth-order valence-electron chi connectivity index (χ4n) is 2.46. The second-order valence-electron chi connectivity index (χ2n) is 7.48. The van der Waals surface area contributed by atoms with E-state index in [-0.39, 0.29) is 17.7 Å². The van der Waals surface area contributed by atoms with Crippen molar-refractivity contribution < 1.29 is 36.7 Å². The average molecular weight is 406 g/mol. The number of nitrogens with one attached hydrogen (secondary N) is 2. The molecule has 0 fully saturated rings. The normalized spacial score (nSPS) is 14.0. The highest BCUT2D eigenvalue weighted by molar-refractivity contribution is 5.95. The number of halogens is 4. The van der Waals surface area contributed by atoms with E-state index >= 15 is 0 Å². The summed E-state index contributed by atoms with van der Waals surface area (Å²) in [6.45, 7) is 7.34. The first kappa shape index (κ1) is 23.4. The zero-order valence-electron chi connectivity index (χ0n) is 16.1. The second kappa shape index (κ2) is 8.15. The lowest BCUT2D eigenvalue weighted by Crippen LogP contribution is -2.47. The van der Waals surface area contributed by atoms with Gasteiger partial charge in [-0.05, 0) is 52.8 Å². The molecule has 0 aliphatic heterocycles. The molecule has 0 radical (unpaired) electrons. The minimum Gasteiger partial charge on any atom is -0.444 e. The maximum absolute atomic E-state index is 14.4. The lowest BCUT2D eigenvalue weighted by atomic mass is 9.86. The van der Waals surface area contributed by atoms with Crippen LogP contribution >= 0.6 is 0 Å². The van der Waals surface area contributed by atoms with Crippen molar-refractivity contribution in [3.63, 3.8) is 0 Å². The van der Waals surface area contributed by atoms with Crippen LogP contribution in [0, 0.1) is 5.82 Å².